The average Bonchev–Trinajstić information content (AvgIpc) is 3.03. The van der Waals surface area contributed by atoms with Gasteiger partial charge in [-0.3, -0.25) is 9.80 Å². The van der Waals surface area contributed by atoms with Gasteiger partial charge in [-0.25, -0.2) is 9.67 Å². The van der Waals surface area contributed by atoms with Crippen molar-refractivity contribution in [3.05, 3.63) is 48.0 Å². The Morgan fingerprint density at radius 3 is 2.83 bits per heavy atom. The molecule has 0 unspecified atom stereocenters. The van der Waals surface area contributed by atoms with E-state index in [0.29, 0.717) is 0 Å². The molecule has 1 saturated heterocycles. The van der Waals surface area contributed by atoms with E-state index in [9.17, 15) is 0 Å². The second-order valence-electron chi connectivity index (χ2n) is 6.43. The van der Waals surface area contributed by atoms with Crippen LogP contribution in [0, 0.1) is 0 Å². The highest BCUT2D eigenvalue weighted by Crippen LogP contribution is 2.28. The topological polar surface area (TPSA) is 46.4 Å². The first-order valence-corrected chi connectivity index (χ1v) is 8.61. The van der Waals surface area contributed by atoms with Crippen molar-refractivity contribution < 1.29 is 4.74 Å². The van der Waals surface area contributed by atoms with Gasteiger partial charge in [0.2, 0.25) is 0 Å². The van der Waals surface area contributed by atoms with Crippen LogP contribution in [0.2, 0.25) is 0 Å². The number of morpholine rings is 1. The van der Waals surface area contributed by atoms with Crippen LogP contribution in [0.15, 0.2) is 36.7 Å². The van der Waals surface area contributed by atoms with Crippen molar-refractivity contribution in [3.63, 3.8) is 0 Å². The first kappa shape index (κ1) is 17.1. The Hall–Kier alpha value is -1.76. The molecular formula is C18H27N5O. The Balaban J connectivity index is 1.69. The van der Waals surface area contributed by atoms with Gasteiger partial charge in [-0.2, -0.15) is 5.10 Å². The minimum atomic E-state index is 0.147. The van der Waals surface area contributed by atoms with Crippen LogP contribution in [-0.4, -0.2) is 64.5 Å². The summed E-state index contributed by atoms with van der Waals surface area (Å²) in [6, 6.07) is 10.9. The molecule has 0 spiro atoms. The minimum absolute atomic E-state index is 0.147. The van der Waals surface area contributed by atoms with Crippen molar-refractivity contribution in [1.82, 2.24) is 24.6 Å². The standard InChI is InChI=1S/C18H27N5O/c1-4-23-17(19-14-20-23)13-21(2)12-16-18(22(3)10-11-24-16)15-8-6-5-7-9-15/h5-9,14,16,18H,4,10-13H2,1-3H3/t16-,18-/m0/s1. The van der Waals surface area contributed by atoms with E-state index in [0.717, 1.165) is 38.6 Å². The molecule has 0 amide bonds. The number of nitrogens with zero attached hydrogens (tertiary/aromatic N) is 5. The summed E-state index contributed by atoms with van der Waals surface area (Å²) in [4.78, 5) is 9.04. The van der Waals surface area contributed by atoms with Gasteiger partial charge in [-0.1, -0.05) is 30.3 Å². The van der Waals surface area contributed by atoms with Crippen LogP contribution in [0.25, 0.3) is 0 Å². The quantitative estimate of drug-likeness (QED) is 0.809. The molecule has 24 heavy (non-hydrogen) atoms. The molecule has 0 radical (unpaired) electrons. The zero-order valence-corrected chi connectivity index (χ0v) is 14.8. The molecule has 0 N–H and O–H groups in total. The van der Waals surface area contributed by atoms with Gasteiger partial charge in [0.1, 0.15) is 12.2 Å². The van der Waals surface area contributed by atoms with Crippen molar-refractivity contribution in [3.8, 4) is 0 Å². The molecule has 1 aliphatic heterocycles. The zero-order chi connectivity index (χ0) is 16.9. The predicted molar refractivity (Wildman–Crippen MR) is 93.6 cm³/mol. The smallest absolute Gasteiger partial charge is 0.140 e. The number of aromatic nitrogens is 3. The summed E-state index contributed by atoms with van der Waals surface area (Å²) in [5, 5.41) is 4.25. The van der Waals surface area contributed by atoms with Crippen molar-refractivity contribution in [2.45, 2.75) is 32.2 Å². The molecule has 0 bridgehead atoms. The molecule has 2 aromatic rings. The second-order valence-corrected chi connectivity index (χ2v) is 6.43. The monoisotopic (exact) mass is 329 g/mol. The van der Waals surface area contributed by atoms with Gasteiger partial charge >= 0.3 is 0 Å². The van der Waals surface area contributed by atoms with Crippen molar-refractivity contribution in [1.29, 1.82) is 0 Å². The maximum atomic E-state index is 6.14. The molecule has 0 saturated carbocycles. The Morgan fingerprint density at radius 2 is 2.08 bits per heavy atom. The fourth-order valence-corrected chi connectivity index (χ4v) is 3.42. The van der Waals surface area contributed by atoms with E-state index >= 15 is 0 Å². The molecule has 6 heteroatoms. The summed E-state index contributed by atoms with van der Waals surface area (Å²) in [6.07, 6.45) is 1.78. The summed E-state index contributed by atoms with van der Waals surface area (Å²) in [6.45, 7) is 6.31. The molecule has 1 aromatic carbocycles. The second kappa shape index (κ2) is 7.88. The molecule has 1 fully saturated rings. The van der Waals surface area contributed by atoms with Crippen molar-refractivity contribution >= 4 is 0 Å². The van der Waals surface area contributed by atoms with Gasteiger partial charge in [0.25, 0.3) is 0 Å². The summed E-state index contributed by atoms with van der Waals surface area (Å²) in [5.74, 6) is 1.00. The number of rotatable bonds is 6. The van der Waals surface area contributed by atoms with Gasteiger partial charge in [0, 0.05) is 19.6 Å². The van der Waals surface area contributed by atoms with Gasteiger partial charge < -0.3 is 4.74 Å². The van der Waals surface area contributed by atoms with Crippen LogP contribution in [0.1, 0.15) is 24.4 Å². The molecule has 1 aromatic heterocycles. The first-order chi connectivity index (χ1) is 11.7. The number of hydrogen-bond acceptors (Lipinski definition) is 5. The largest absolute Gasteiger partial charge is 0.374 e. The summed E-state index contributed by atoms with van der Waals surface area (Å²) >= 11 is 0. The Morgan fingerprint density at radius 1 is 1.29 bits per heavy atom. The lowest BCUT2D eigenvalue weighted by Gasteiger charge is -2.40. The van der Waals surface area contributed by atoms with E-state index in [1.54, 1.807) is 6.33 Å². The van der Waals surface area contributed by atoms with Crippen LogP contribution in [0.4, 0.5) is 0 Å². The van der Waals surface area contributed by atoms with Crippen LogP contribution >= 0.6 is 0 Å². The maximum Gasteiger partial charge on any atom is 0.140 e. The van der Waals surface area contributed by atoms with Crippen LogP contribution < -0.4 is 0 Å². The van der Waals surface area contributed by atoms with Gasteiger partial charge in [0.05, 0.1) is 25.3 Å². The van der Waals surface area contributed by atoms with Crippen LogP contribution in [0.3, 0.4) is 0 Å². The molecule has 2 atom stereocenters. The first-order valence-electron chi connectivity index (χ1n) is 8.61. The highest BCUT2D eigenvalue weighted by Gasteiger charge is 2.32. The third-order valence-corrected chi connectivity index (χ3v) is 4.64. The Labute approximate surface area is 144 Å². The Bertz CT molecular complexity index is 629. The molecule has 130 valence electrons. The molecule has 1 aliphatic rings. The summed E-state index contributed by atoms with van der Waals surface area (Å²) in [5.41, 5.74) is 1.31. The molecule has 2 heterocycles. The third kappa shape index (κ3) is 3.83. The fraction of sp³-hybridized carbons (Fsp3) is 0.556. The number of likely N-dealkylation sites (N-methyl/N-ethyl adjacent to an activating group) is 2. The van der Waals surface area contributed by atoms with Gasteiger partial charge in [0.15, 0.2) is 0 Å². The van der Waals surface area contributed by atoms with E-state index in [2.05, 4.69) is 71.2 Å². The van der Waals surface area contributed by atoms with Crippen molar-refractivity contribution in [2.24, 2.45) is 0 Å². The van der Waals surface area contributed by atoms with Crippen LogP contribution in [0.5, 0.6) is 0 Å². The number of hydrogen-bond donors (Lipinski definition) is 0. The highest BCUT2D eigenvalue weighted by molar-refractivity contribution is 5.21. The normalized spacial score (nSPS) is 22.2. The highest BCUT2D eigenvalue weighted by atomic mass is 16.5. The minimum Gasteiger partial charge on any atom is -0.374 e. The van der Waals surface area contributed by atoms with E-state index < -0.39 is 0 Å². The number of benzene rings is 1. The maximum absolute atomic E-state index is 6.14. The zero-order valence-electron chi connectivity index (χ0n) is 14.8. The van der Waals surface area contributed by atoms with E-state index in [-0.39, 0.29) is 12.1 Å². The number of ether oxygens (including phenoxy) is 1. The Kier molecular flexibility index (Phi) is 5.60. The van der Waals surface area contributed by atoms with E-state index in [1.165, 1.54) is 5.56 Å². The van der Waals surface area contributed by atoms with E-state index in [4.69, 9.17) is 4.74 Å². The molecular weight excluding hydrogens is 302 g/mol. The van der Waals surface area contributed by atoms with Crippen molar-refractivity contribution in [2.75, 3.05) is 33.8 Å². The molecule has 6 nitrogen and oxygen atoms in total. The molecule has 0 aliphatic carbocycles. The van der Waals surface area contributed by atoms with Crippen LogP contribution in [-0.2, 0) is 17.8 Å². The fourth-order valence-electron chi connectivity index (χ4n) is 3.42. The average molecular weight is 329 g/mol. The van der Waals surface area contributed by atoms with Gasteiger partial charge in [-0.15, -0.1) is 0 Å². The third-order valence-electron chi connectivity index (χ3n) is 4.64. The predicted octanol–water partition coefficient (Wildman–Crippen LogP) is 1.80. The number of aryl methyl sites for hydroxylation is 1. The lowest BCUT2D eigenvalue weighted by atomic mass is 9.98. The van der Waals surface area contributed by atoms with E-state index in [1.807, 2.05) is 4.68 Å². The lowest BCUT2D eigenvalue weighted by Crippen LogP contribution is -2.47. The van der Waals surface area contributed by atoms with Gasteiger partial charge in [-0.05, 0) is 26.6 Å². The summed E-state index contributed by atoms with van der Waals surface area (Å²) in [7, 11) is 4.30. The lowest BCUT2D eigenvalue weighted by molar-refractivity contribution is -0.0745. The SMILES string of the molecule is CCn1ncnc1CN(C)C[C@@H]1OCCN(C)[C@H]1c1ccccc1. The molecule has 3 rings (SSSR count). The summed E-state index contributed by atoms with van der Waals surface area (Å²) < 4.78 is 8.08.